The van der Waals surface area contributed by atoms with Gasteiger partial charge in [-0.2, -0.15) is 0 Å². The molecule has 9 nitrogen and oxygen atoms in total. The molecule has 10 heteroatoms. The minimum Gasteiger partial charge on any atom is -0.469 e. The number of hydrogen-bond acceptors (Lipinski definition) is 8. The van der Waals surface area contributed by atoms with Crippen molar-refractivity contribution >= 4 is 29.3 Å². The maximum Gasteiger partial charge on any atom is 0.410 e. The van der Waals surface area contributed by atoms with Gasteiger partial charge in [0.05, 0.1) is 7.11 Å². The van der Waals surface area contributed by atoms with Crippen LogP contribution in [0.15, 0.2) is 0 Å². The van der Waals surface area contributed by atoms with Crippen molar-refractivity contribution in [3.63, 3.8) is 0 Å². The van der Waals surface area contributed by atoms with Crippen LogP contribution in [0, 0.1) is 5.92 Å². The first-order valence-corrected chi connectivity index (χ1v) is 12.6. The van der Waals surface area contributed by atoms with E-state index in [0.29, 0.717) is 30.4 Å². The zero-order valence-corrected chi connectivity index (χ0v) is 20.9. The predicted molar refractivity (Wildman–Crippen MR) is 124 cm³/mol. The van der Waals surface area contributed by atoms with Crippen LogP contribution in [0.2, 0.25) is 0 Å². The molecule has 1 aromatic rings. The predicted octanol–water partition coefficient (Wildman–Crippen LogP) is 3.89. The van der Waals surface area contributed by atoms with E-state index in [-0.39, 0.29) is 29.9 Å². The van der Waals surface area contributed by atoms with Gasteiger partial charge in [0.1, 0.15) is 10.6 Å². The lowest BCUT2D eigenvalue weighted by Gasteiger charge is -2.32. The summed E-state index contributed by atoms with van der Waals surface area (Å²) >= 11 is 1.35. The molecular formula is C23H36N4O5S. The SMILES string of the molecule is COC(=O)CCC1CCC(NC(=O)c2nnc(C3CCN(C(=O)OC(C)(C)C)CC3)s2)CC1. The molecule has 0 unspecified atom stereocenters. The van der Waals surface area contributed by atoms with E-state index < -0.39 is 5.60 Å². The van der Waals surface area contributed by atoms with Gasteiger partial charge >= 0.3 is 12.1 Å². The van der Waals surface area contributed by atoms with Gasteiger partial charge < -0.3 is 19.7 Å². The second kappa shape index (κ2) is 11.3. The molecule has 1 aromatic heterocycles. The fraction of sp³-hybridized carbons (Fsp3) is 0.783. The van der Waals surface area contributed by atoms with E-state index in [4.69, 9.17) is 9.47 Å². The largest absolute Gasteiger partial charge is 0.469 e. The Hall–Kier alpha value is -2.23. The van der Waals surface area contributed by atoms with Crippen LogP contribution < -0.4 is 5.32 Å². The standard InChI is InChI=1S/C23H36N4O5S/c1-23(2,3)32-22(30)27-13-11-16(12-14-27)20-25-26-21(33-20)19(29)24-17-8-5-15(6-9-17)7-10-18(28)31-4/h15-17H,5-14H2,1-4H3,(H,24,29). The monoisotopic (exact) mass is 480 g/mol. The first kappa shape index (κ1) is 25.4. The van der Waals surface area contributed by atoms with Gasteiger partial charge in [0, 0.05) is 31.5 Å². The number of amides is 2. The molecule has 2 fully saturated rings. The van der Waals surface area contributed by atoms with Crippen molar-refractivity contribution in [3.8, 4) is 0 Å². The number of rotatable bonds is 6. The molecule has 2 aliphatic rings. The Bertz CT molecular complexity index is 821. The third kappa shape index (κ3) is 7.65. The van der Waals surface area contributed by atoms with Crippen molar-refractivity contribution in [2.45, 2.75) is 89.7 Å². The molecule has 2 amide bonds. The first-order valence-electron chi connectivity index (χ1n) is 11.8. The summed E-state index contributed by atoms with van der Waals surface area (Å²) in [5.41, 5.74) is -0.502. The minimum absolute atomic E-state index is 0.135. The normalized spacial score (nSPS) is 22.0. The lowest BCUT2D eigenvalue weighted by atomic mass is 9.83. The van der Waals surface area contributed by atoms with Gasteiger partial charge in [-0.25, -0.2) is 4.79 Å². The number of nitrogens with one attached hydrogen (secondary N) is 1. The van der Waals surface area contributed by atoms with Crippen molar-refractivity contribution in [1.29, 1.82) is 0 Å². The molecule has 2 heterocycles. The number of hydrogen-bond donors (Lipinski definition) is 1. The number of nitrogens with zero attached hydrogens (tertiary/aromatic N) is 3. The zero-order valence-electron chi connectivity index (χ0n) is 20.1. The molecule has 1 saturated heterocycles. The third-order valence-electron chi connectivity index (χ3n) is 6.30. The summed E-state index contributed by atoms with van der Waals surface area (Å²) in [4.78, 5) is 38.0. The van der Waals surface area contributed by atoms with E-state index in [1.54, 1.807) is 4.90 Å². The molecule has 1 aliphatic carbocycles. The highest BCUT2D eigenvalue weighted by atomic mass is 32.1. The Morgan fingerprint density at radius 3 is 2.33 bits per heavy atom. The molecule has 1 N–H and O–H groups in total. The fourth-order valence-electron chi connectivity index (χ4n) is 4.39. The summed E-state index contributed by atoms with van der Waals surface area (Å²) in [6.45, 7) is 6.81. The van der Waals surface area contributed by atoms with E-state index in [9.17, 15) is 14.4 Å². The Morgan fingerprint density at radius 1 is 1.06 bits per heavy atom. The topological polar surface area (TPSA) is 111 Å². The summed E-state index contributed by atoms with van der Waals surface area (Å²) in [6, 6.07) is 0.135. The average molecular weight is 481 g/mol. The van der Waals surface area contributed by atoms with Gasteiger partial charge in [0.15, 0.2) is 0 Å². The van der Waals surface area contributed by atoms with Crippen molar-refractivity contribution in [3.05, 3.63) is 10.0 Å². The van der Waals surface area contributed by atoms with Gasteiger partial charge in [-0.1, -0.05) is 11.3 Å². The Labute approximate surface area is 199 Å². The van der Waals surface area contributed by atoms with Crippen molar-refractivity contribution in [1.82, 2.24) is 20.4 Å². The van der Waals surface area contributed by atoms with Crippen LogP contribution in [0.3, 0.4) is 0 Å². The van der Waals surface area contributed by atoms with E-state index in [0.717, 1.165) is 50.0 Å². The van der Waals surface area contributed by atoms with Crippen LogP contribution in [-0.2, 0) is 14.3 Å². The molecule has 0 bridgehead atoms. The maximum atomic E-state index is 12.7. The highest BCUT2D eigenvalue weighted by Crippen LogP contribution is 2.31. The van der Waals surface area contributed by atoms with Crippen LogP contribution in [0.25, 0.3) is 0 Å². The highest BCUT2D eigenvalue weighted by molar-refractivity contribution is 7.13. The van der Waals surface area contributed by atoms with Crippen LogP contribution in [0.4, 0.5) is 4.79 Å². The second-order valence-corrected chi connectivity index (χ2v) is 11.0. The quantitative estimate of drug-likeness (QED) is 0.615. The molecule has 3 rings (SSSR count). The van der Waals surface area contributed by atoms with E-state index in [1.165, 1.54) is 18.4 Å². The molecular weight excluding hydrogens is 444 g/mol. The number of aromatic nitrogens is 2. The molecule has 0 atom stereocenters. The molecule has 1 aliphatic heterocycles. The summed E-state index contributed by atoms with van der Waals surface area (Å²) in [5.74, 6) is 0.390. The Kier molecular flexibility index (Phi) is 8.67. The van der Waals surface area contributed by atoms with Gasteiger partial charge in [-0.05, 0) is 71.6 Å². The first-order chi connectivity index (χ1) is 15.6. The van der Waals surface area contributed by atoms with Crippen molar-refractivity contribution in [2.75, 3.05) is 20.2 Å². The number of likely N-dealkylation sites (tertiary alicyclic amines) is 1. The molecule has 0 aromatic carbocycles. The van der Waals surface area contributed by atoms with Gasteiger partial charge in [0.2, 0.25) is 5.01 Å². The van der Waals surface area contributed by atoms with E-state index >= 15 is 0 Å². The number of ether oxygens (including phenoxy) is 2. The Morgan fingerprint density at radius 2 is 1.73 bits per heavy atom. The molecule has 0 spiro atoms. The summed E-state index contributed by atoms with van der Waals surface area (Å²) in [7, 11) is 1.42. The minimum atomic E-state index is -0.502. The van der Waals surface area contributed by atoms with Crippen LogP contribution in [0.1, 0.15) is 92.9 Å². The average Bonchev–Trinajstić information content (AvgIpc) is 3.28. The number of carbonyl (C=O) groups is 3. The summed E-state index contributed by atoms with van der Waals surface area (Å²) in [6.07, 6.45) is 6.41. The number of methoxy groups -OCH3 is 1. The van der Waals surface area contributed by atoms with Crippen LogP contribution in [-0.4, -0.2) is 64.9 Å². The van der Waals surface area contributed by atoms with Gasteiger partial charge in [-0.3, -0.25) is 9.59 Å². The van der Waals surface area contributed by atoms with E-state index in [1.807, 2.05) is 20.8 Å². The number of carbonyl (C=O) groups excluding carboxylic acids is 3. The Balaban J connectivity index is 1.42. The van der Waals surface area contributed by atoms with E-state index in [2.05, 4.69) is 15.5 Å². The van der Waals surface area contributed by atoms with Crippen molar-refractivity contribution in [2.24, 2.45) is 5.92 Å². The van der Waals surface area contributed by atoms with Gasteiger partial charge in [-0.15, -0.1) is 10.2 Å². The number of piperidine rings is 1. The molecule has 1 saturated carbocycles. The second-order valence-electron chi connectivity index (χ2n) is 9.99. The zero-order chi connectivity index (χ0) is 24.0. The van der Waals surface area contributed by atoms with Crippen LogP contribution in [0.5, 0.6) is 0 Å². The summed E-state index contributed by atoms with van der Waals surface area (Å²) in [5, 5.41) is 12.8. The molecule has 0 radical (unpaired) electrons. The fourth-order valence-corrected chi connectivity index (χ4v) is 5.31. The van der Waals surface area contributed by atoms with Crippen LogP contribution >= 0.6 is 11.3 Å². The molecule has 184 valence electrons. The number of esters is 1. The lowest BCUT2D eigenvalue weighted by Crippen LogP contribution is -2.41. The lowest BCUT2D eigenvalue weighted by molar-refractivity contribution is -0.141. The summed E-state index contributed by atoms with van der Waals surface area (Å²) < 4.78 is 10.2. The maximum absolute atomic E-state index is 12.7. The van der Waals surface area contributed by atoms with Crippen molar-refractivity contribution < 1.29 is 23.9 Å². The third-order valence-corrected chi connectivity index (χ3v) is 7.38. The smallest absolute Gasteiger partial charge is 0.410 e. The van der Waals surface area contributed by atoms with Gasteiger partial charge in [0.25, 0.3) is 5.91 Å². The molecule has 33 heavy (non-hydrogen) atoms. The highest BCUT2D eigenvalue weighted by Gasteiger charge is 2.30.